The van der Waals surface area contributed by atoms with Gasteiger partial charge in [0.2, 0.25) is 0 Å². The zero-order valence-corrected chi connectivity index (χ0v) is 10.5. The van der Waals surface area contributed by atoms with Crippen molar-refractivity contribution in [2.45, 2.75) is 33.1 Å². The summed E-state index contributed by atoms with van der Waals surface area (Å²) in [7, 11) is 0. The molecule has 1 heteroatoms. The van der Waals surface area contributed by atoms with Gasteiger partial charge in [-0.15, -0.1) is 0 Å². The number of aromatic nitrogens is 1. The minimum absolute atomic E-state index is 0.886. The molecular weight excluding hydrogens is 206 g/mol. The molecule has 86 valence electrons. The van der Waals surface area contributed by atoms with E-state index in [2.05, 4.69) is 42.8 Å². The van der Waals surface area contributed by atoms with E-state index in [1.807, 2.05) is 18.2 Å². The second-order valence-corrected chi connectivity index (χ2v) is 4.25. The van der Waals surface area contributed by atoms with Gasteiger partial charge in [-0.05, 0) is 37.0 Å². The summed E-state index contributed by atoms with van der Waals surface area (Å²) in [5.74, 6) is 6.33. The van der Waals surface area contributed by atoms with Crippen LogP contribution in [0, 0.1) is 18.8 Å². The van der Waals surface area contributed by atoms with Gasteiger partial charge in [-0.3, -0.25) is 0 Å². The van der Waals surface area contributed by atoms with Gasteiger partial charge >= 0.3 is 0 Å². The van der Waals surface area contributed by atoms with E-state index in [0.717, 1.165) is 17.6 Å². The van der Waals surface area contributed by atoms with Gasteiger partial charge in [-0.1, -0.05) is 37.5 Å². The predicted molar refractivity (Wildman–Crippen MR) is 72.9 cm³/mol. The van der Waals surface area contributed by atoms with E-state index >= 15 is 0 Å². The van der Waals surface area contributed by atoms with Crippen LogP contribution in [0.4, 0.5) is 0 Å². The molecule has 1 aromatic heterocycles. The predicted octanol–water partition coefficient (Wildman–Crippen LogP) is 4.08. The molecule has 0 spiro atoms. The second kappa shape index (κ2) is 5.50. The Balaban J connectivity index is 2.32. The van der Waals surface area contributed by atoms with Gasteiger partial charge in [0.1, 0.15) is 5.69 Å². The highest BCUT2D eigenvalue weighted by atomic mass is 14.7. The van der Waals surface area contributed by atoms with Crippen molar-refractivity contribution in [1.29, 1.82) is 0 Å². The Hall–Kier alpha value is -1.81. The fraction of sp³-hybridized carbons (Fsp3) is 0.312. The summed E-state index contributed by atoms with van der Waals surface area (Å²) < 4.78 is 0. The SMILES string of the molecule is CCCCC#Cc1cc(C)c2ccccc2n1. The van der Waals surface area contributed by atoms with Crippen LogP contribution in [0.3, 0.4) is 0 Å². The first-order valence-corrected chi connectivity index (χ1v) is 6.16. The van der Waals surface area contributed by atoms with Crippen LogP contribution in [0.15, 0.2) is 30.3 Å². The molecule has 0 aliphatic rings. The van der Waals surface area contributed by atoms with E-state index in [-0.39, 0.29) is 0 Å². The van der Waals surface area contributed by atoms with Gasteiger partial charge in [0.25, 0.3) is 0 Å². The fourth-order valence-corrected chi connectivity index (χ4v) is 1.83. The van der Waals surface area contributed by atoms with Crippen LogP contribution in [-0.2, 0) is 0 Å². The third-order valence-corrected chi connectivity index (χ3v) is 2.79. The molecule has 0 amide bonds. The molecule has 1 nitrogen and oxygen atoms in total. The van der Waals surface area contributed by atoms with Crippen molar-refractivity contribution in [3.05, 3.63) is 41.6 Å². The lowest BCUT2D eigenvalue weighted by atomic mass is 10.1. The minimum Gasteiger partial charge on any atom is -0.239 e. The topological polar surface area (TPSA) is 12.9 Å². The van der Waals surface area contributed by atoms with Gasteiger partial charge in [0.05, 0.1) is 5.52 Å². The third-order valence-electron chi connectivity index (χ3n) is 2.79. The molecule has 0 unspecified atom stereocenters. The molecule has 0 saturated carbocycles. The van der Waals surface area contributed by atoms with Crippen molar-refractivity contribution in [1.82, 2.24) is 4.98 Å². The molecule has 0 aliphatic heterocycles. The Morgan fingerprint density at radius 3 is 2.88 bits per heavy atom. The molecule has 0 saturated heterocycles. The molecule has 1 aromatic carbocycles. The highest BCUT2D eigenvalue weighted by molar-refractivity contribution is 5.82. The Bertz CT molecular complexity index is 573. The minimum atomic E-state index is 0.886. The maximum absolute atomic E-state index is 4.56. The van der Waals surface area contributed by atoms with E-state index in [0.29, 0.717) is 0 Å². The maximum atomic E-state index is 4.56. The van der Waals surface area contributed by atoms with Crippen LogP contribution >= 0.6 is 0 Å². The van der Waals surface area contributed by atoms with Crippen LogP contribution in [0.25, 0.3) is 10.9 Å². The normalized spacial score (nSPS) is 10.0. The molecular formula is C16H17N. The van der Waals surface area contributed by atoms with Crippen molar-refractivity contribution in [3.8, 4) is 11.8 Å². The number of rotatable bonds is 2. The number of nitrogens with zero attached hydrogens (tertiary/aromatic N) is 1. The number of unbranched alkanes of at least 4 members (excludes halogenated alkanes) is 2. The summed E-state index contributed by atoms with van der Waals surface area (Å²) >= 11 is 0. The van der Waals surface area contributed by atoms with Gasteiger partial charge in [0.15, 0.2) is 0 Å². The highest BCUT2D eigenvalue weighted by Crippen LogP contribution is 2.16. The number of para-hydroxylation sites is 1. The van der Waals surface area contributed by atoms with Gasteiger partial charge < -0.3 is 0 Å². The van der Waals surface area contributed by atoms with Crippen LogP contribution in [0.2, 0.25) is 0 Å². The first-order valence-electron chi connectivity index (χ1n) is 6.16. The molecule has 2 aromatic rings. The molecule has 0 radical (unpaired) electrons. The van der Waals surface area contributed by atoms with Crippen molar-refractivity contribution in [2.75, 3.05) is 0 Å². The van der Waals surface area contributed by atoms with E-state index in [1.165, 1.54) is 23.8 Å². The molecule has 0 atom stereocenters. The maximum Gasteiger partial charge on any atom is 0.114 e. The lowest BCUT2D eigenvalue weighted by Crippen LogP contribution is -1.88. The molecule has 0 aliphatic carbocycles. The highest BCUT2D eigenvalue weighted by Gasteiger charge is 1.99. The van der Waals surface area contributed by atoms with Crippen molar-refractivity contribution in [3.63, 3.8) is 0 Å². The van der Waals surface area contributed by atoms with E-state index in [9.17, 15) is 0 Å². The summed E-state index contributed by atoms with van der Waals surface area (Å²) in [6.45, 7) is 4.29. The Morgan fingerprint density at radius 1 is 1.24 bits per heavy atom. The molecule has 0 fully saturated rings. The number of hydrogen-bond acceptors (Lipinski definition) is 1. The fourth-order valence-electron chi connectivity index (χ4n) is 1.83. The number of pyridine rings is 1. The molecule has 2 rings (SSSR count). The molecule has 0 bridgehead atoms. The number of benzene rings is 1. The van der Waals surface area contributed by atoms with Crippen molar-refractivity contribution >= 4 is 10.9 Å². The van der Waals surface area contributed by atoms with E-state index in [4.69, 9.17) is 0 Å². The van der Waals surface area contributed by atoms with Crippen LogP contribution in [0.1, 0.15) is 37.4 Å². The Kier molecular flexibility index (Phi) is 3.77. The lowest BCUT2D eigenvalue weighted by Gasteiger charge is -2.01. The summed E-state index contributed by atoms with van der Waals surface area (Å²) in [5.41, 5.74) is 3.17. The van der Waals surface area contributed by atoms with Gasteiger partial charge in [-0.2, -0.15) is 0 Å². The van der Waals surface area contributed by atoms with Gasteiger partial charge in [0, 0.05) is 11.8 Å². The summed E-state index contributed by atoms with van der Waals surface area (Å²) in [5, 5.41) is 1.21. The average Bonchev–Trinajstić information content (AvgIpc) is 2.35. The number of aryl methyl sites for hydroxylation is 1. The zero-order chi connectivity index (χ0) is 12.1. The number of hydrogen-bond donors (Lipinski definition) is 0. The molecule has 0 N–H and O–H groups in total. The molecule has 1 heterocycles. The summed E-state index contributed by atoms with van der Waals surface area (Å²) in [4.78, 5) is 4.56. The standard InChI is InChI=1S/C16H17N/c1-3-4-5-6-9-14-12-13(2)15-10-7-8-11-16(15)17-14/h7-8,10-12H,3-5H2,1-2H3. The Morgan fingerprint density at radius 2 is 2.06 bits per heavy atom. The quantitative estimate of drug-likeness (QED) is 0.552. The first-order chi connectivity index (χ1) is 8.31. The largest absolute Gasteiger partial charge is 0.239 e. The second-order valence-electron chi connectivity index (χ2n) is 4.25. The molecule has 17 heavy (non-hydrogen) atoms. The van der Waals surface area contributed by atoms with E-state index < -0.39 is 0 Å². The average molecular weight is 223 g/mol. The first kappa shape index (κ1) is 11.7. The van der Waals surface area contributed by atoms with Crippen molar-refractivity contribution in [2.24, 2.45) is 0 Å². The lowest BCUT2D eigenvalue weighted by molar-refractivity contribution is 0.828. The van der Waals surface area contributed by atoms with Crippen molar-refractivity contribution < 1.29 is 0 Å². The number of fused-ring (bicyclic) bond motifs is 1. The van der Waals surface area contributed by atoms with Crippen LogP contribution in [0.5, 0.6) is 0 Å². The van der Waals surface area contributed by atoms with Gasteiger partial charge in [-0.25, -0.2) is 4.98 Å². The zero-order valence-electron chi connectivity index (χ0n) is 10.5. The van der Waals surface area contributed by atoms with Crippen LogP contribution < -0.4 is 0 Å². The Labute approximate surface area is 103 Å². The van der Waals surface area contributed by atoms with Crippen LogP contribution in [-0.4, -0.2) is 4.98 Å². The summed E-state index contributed by atoms with van der Waals surface area (Å²) in [6, 6.07) is 10.3. The summed E-state index contributed by atoms with van der Waals surface area (Å²) in [6.07, 6.45) is 3.32. The smallest absolute Gasteiger partial charge is 0.114 e. The third kappa shape index (κ3) is 2.85. The monoisotopic (exact) mass is 223 g/mol. The van der Waals surface area contributed by atoms with E-state index in [1.54, 1.807) is 0 Å².